The zero-order valence-corrected chi connectivity index (χ0v) is 12.8. The van der Waals surface area contributed by atoms with Crippen molar-refractivity contribution in [1.29, 1.82) is 0 Å². The lowest BCUT2D eigenvalue weighted by Crippen LogP contribution is -2.08. The third-order valence-corrected chi connectivity index (χ3v) is 4.95. The second kappa shape index (κ2) is 5.73. The molecule has 0 atom stereocenters. The van der Waals surface area contributed by atoms with Crippen LogP contribution in [0.3, 0.4) is 0 Å². The van der Waals surface area contributed by atoms with Crippen molar-refractivity contribution < 1.29 is 17.2 Å². The Morgan fingerprint density at radius 3 is 2.00 bits per heavy atom. The van der Waals surface area contributed by atoms with Crippen LogP contribution in [-0.4, -0.2) is 8.42 Å². The van der Waals surface area contributed by atoms with E-state index in [0.29, 0.717) is 10.6 Å². The molecule has 2 rings (SSSR count). The molecular weight excluding hydrogens is 318 g/mol. The summed E-state index contributed by atoms with van der Waals surface area (Å²) in [6.07, 6.45) is 0. The Hall–Kier alpha value is -1.46. The van der Waals surface area contributed by atoms with Crippen LogP contribution >= 0.6 is 11.6 Å². The highest BCUT2D eigenvalue weighted by molar-refractivity contribution is 7.90. The molecule has 2 aromatic rings. The van der Waals surface area contributed by atoms with Crippen molar-refractivity contribution in [2.24, 2.45) is 0 Å². The van der Waals surface area contributed by atoms with Crippen LogP contribution in [0.15, 0.2) is 53.4 Å². The van der Waals surface area contributed by atoms with Gasteiger partial charge in [-0.15, -0.1) is 0 Å². The number of rotatable bonds is 4. The maximum Gasteiger partial charge on any atom is 0.270 e. The molecule has 2 nitrogen and oxygen atoms in total. The molecule has 0 N–H and O–H groups in total. The van der Waals surface area contributed by atoms with Crippen LogP contribution < -0.4 is 0 Å². The number of sulfone groups is 1. The maximum atomic E-state index is 13.1. The first-order valence-electron chi connectivity index (χ1n) is 6.14. The summed E-state index contributed by atoms with van der Waals surface area (Å²) in [5.74, 6) is -3.18. The van der Waals surface area contributed by atoms with Gasteiger partial charge in [0.2, 0.25) is 0 Å². The largest absolute Gasteiger partial charge is 0.270 e. The van der Waals surface area contributed by atoms with Gasteiger partial charge in [0.15, 0.2) is 9.84 Å². The van der Waals surface area contributed by atoms with Gasteiger partial charge in [0.05, 0.1) is 10.6 Å². The van der Waals surface area contributed by atoms with Crippen LogP contribution in [0.4, 0.5) is 8.78 Å². The SMILES string of the molecule is CC(F)(F)c1ccc(CS(=O)(=O)c2ccc(Cl)cc2)cc1. The van der Waals surface area contributed by atoms with Gasteiger partial charge in [-0.2, -0.15) is 0 Å². The second-order valence-electron chi connectivity index (χ2n) is 4.80. The molecule has 0 heterocycles. The van der Waals surface area contributed by atoms with Gasteiger partial charge in [0.1, 0.15) is 0 Å². The molecule has 112 valence electrons. The topological polar surface area (TPSA) is 34.1 Å². The number of hydrogen-bond donors (Lipinski definition) is 0. The molecule has 0 saturated carbocycles. The van der Waals surface area contributed by atoms with Crippen molar-refractivity contribution in [2.75, 3.05) is 0 Å². The summed E-state index contributed by atoms with van der Waals surface area (Å²) in [6.45, 7) is 0.798. The van der Waals surface area contributed by atoms with Gasteiger partial charge >= 0.3 is 0 Å². The van der Waals surface area contributed by atoms with E-state index in [2.05, 4.69) is 0 Å². The van der Waals surface area contributed by atoms with Crippen molar-refractivity contribution in [2.45, 2.75) is 23.5 Å². The molecule has 0 unspecified atom stereocenters. The fourth-order valence-corrected chi connectivity index (χ4v) is 3.31. The zero-order chi connectivity index (χ0) is 15.7. The molecule has 0 aliphatic carbocycles. The van der Waals surface area contributed by atoms with Crippen LogP contribution in [0.5, 0.6) is 0 Å². The zero-order valence-electron chi connectivity index (χ0n) is 11.2. The molecular formula is C15H13ClF2O2S. The van der Waals surface area contributed by atoms with Gasteiger partial charge in [-0.25, -0.2) is 17.2 Å². The van der Waals surface area contributed by atoms with Gasteiger partial charge in [-0.05, 0) is 29.8 Å². The summed E-state index contributed by atoms with van der Waals surface area (Å²) < 4.78 is 50.6. The molecule has 21 heavy (non-hydrogen) atoms. The molecule has 0 amide bonds. The fourth-order valence-electron chi connectivity index (χ4n) is 1.84. The Morgan fingerprint density at radius 1 is 1.00 bits per heavy atom. The molecule has 0 fully saturated rings. The number of alkyl halides is 2. The molecule has 0 aliphatic rings. The minimum Gasteiger partial charge on any atom is -0.223 e. The average molecular weight is 331 g/mol. The summed E-state index contributed by atoms with van der Waals surface area (Å²) in [5.41, 5.74) is 0.313. The minimum atomic E-state index is -3.52. The Kier molecular flexibility index (Phi) is 4.35. The summed E-state index contributed by atoms with van der Waals surface area (Å²) in [7, 11) is -3.52. The van der Waals surface area contributed by atoms with Crippen LogP contribution in [0.2, 0.25) is 5.02 Å². The van der Waals surface area contributed by atoms with Crippen LogP contribution in [0.1, 0.15) is 18.1 Å². The molecule has 0 radical (unpaired) electrons. The van der Waals surface area contributed by atoms with E-state index in [4.69, 9.17) is 11.6 Å². The average Bonchev–Trinajstić information content (AvgIpc) is 2.38. The molecule has 0 aromatic heterocycles. The van der Waals surface area contributed by atoms with E-state index < -0.39 is 15.8 Å². The van der Waals surface area contributed by atoms with Crippen molar-refractivity contribution >= 4 is 21.4 Å². The summed E-state index contributed by atoms with van der Waals surface area (Å²) in [5, 5.41) is 0.448. The molecule has 0 aliphatic heterocycles. The van der Waals surface area contributed by atoms with E-state index >= 15 is 0 Å². The predicted octanol–water partition coefficient (Wildman–Crippen LogP) is 4.43. The summed E-state index contributed by atoms with van der Waals surface area (Å²) >= 11 is 5.72. The van der Waals surface area contributed by atoms with Gasteiger partial charge < -0.3 is 0 Å². The molecule has 2 aromatic carbocycles. The minimum absolute atomic E-state index is 0.143. The highest BCUT2D eigenvalue weighted by Crippen LogP contribution is 2.27. The molecule has 0 saturated heterocycles. The van der Waals surface area contributed by atoms with Crippen LogP contribution in [-0.2, 0) is 21.5 Å². The Bertz CT molecular complexity index is 718. The summed E-state index contributed by atoms with van der Waals surface area (Å²) in [6, 6.07) is 11.1. The first-order chi connectivity index (χ1) is 9.68. The number of hydrogen-bond acceptors (Lipinski definition) is 2. The third-order valence-electron chi connectivity index (χ3n) is 2.99. The Balaban J connectivity index is 2.23. The highest BCUT2D eigenvalue weighted by atomic mass is 35.5. The second-order valence-corrected chi connectivity index (χ2v) is 7.22. The van der Waals surface area contributed by atoms with E-state index in [1.807, 2.05) is 0 Å². The van der Waals surface area contributed by atoms with Gasteiger partial charge in [0.25, 0.3) is 5.92 Å². The molecule has 0 spiro atoms. The predicted molar refractivity (Wildman–Crippen MR) is 78.4 cm³/mol. The highest BCUT2D eigenvalue weighted by Gasteiger charge is 2.24. The third kappa shape index (κ3) is 4.02. The van der Waals surface area contributed by atoms with E-state index in [9.17, 15) is 17.2 Å². The number of benzene rings is 2. The first kappa shape index (κ1) is 15.9. The van der Waals surface area contributed by atoms with Crippen LogP contribution in [0.25, 0.3) is 0 Å². The van der Waals surface area contributed by atoms with Gasteiger partial charge in [0, 0.05) is 17.5 Å². The maximum absolute atomic E-state index is 13.1. The first-order valence-corrected chi connectivity index (χ1v) is 8.17. The van der Waals surface area contributed by atoms with Crippen molar-refractivity contribution in [1.82, 2.24) is 0 Å². The fraction of sp³-hybridized carbons (Fsp3) is 0.200. The molecule has 6 heteroatoms. The van der Waals surface area contributed by atoms with E-state index in [1.54, 1.807) is 0 Å². The molecule has 0 bridgehead atoms. The van der Waals surface area contributed by atoms with Gasteiger partial charge in [-0.1, -0.05) is 35.9 Å². The quantitative estimate of drug-likeness (QED) is 0.831. The lowest BCUT2D eigenvalue weighted by molar-refractivity contribution is 0.0174. The van der Waals surface area contributed by atoms with E-state index in [1.165, 1.54) is 48.5 Å². The summed E-state index contributed by atoms with van der Waals surface area (Å²) in [4.78, 5) is 0.150. The Labute approximate surface area is 127 Å². The van der Waals surface area contributed by atoms with E-state index in [0.717, 1.165) is 6.92 Å². The van der Waals surface area contributed by atoms with Crippen molar-refractivity contribution in [3.05, 3.63) is 64.7 Å². The smallest absolute Gasteiger partial charge is 0.223 e. The van der Waals surface area contributed by atoms with Crippen molar-refractivity contribution in [3.63, 3.8) is 0 Å². The lowest BCUT2D eigenvalue weighted by atomic mass is 10.1. The normalized spacial score (nSPS) is 12.4. The van der Waals surface area contributed by atoms with Gasteiger partial charge in [-0.3, -0.25) is 0 Å². The van der Waals surface area contributed by atoms with E-state index in [-0.39, 0.29) is 16.2 Å². The van der Waals surface area contributed by atoms with Crippen molar-refractivity contribution in [3.8, 4) is 0 Å². The lowest BCUT2D eigenvalue weighted by Gasteiger charge is -2.11. The number of halogens is 3. The monoisotopic (exact) mass is 330 g/mol. The Morgan fingerprint density at radius 2 is 1.52 bits per heavy atom. The standard InChI is InChI=1S/C15H13ClF2O2S/c1-15(17,18)12-4-2-11(3-5-12)10-21(19,20)14-8-6-13(16)7-9-14/h2-9H,10H2,1H3. The van der Waals surface area contributed by atoms with Crippen LogP contribution in [0, 0.1) is 0 Å².